The largest absolute Gasteiger partial charge is 0.377 e. The van der Waals surface area contributed by atoms with Crippen molar-refractivity contribution in [3.05, 3.63) is 0 Å². The van der Waals surface area contributed by atoms with Crippen LogP contribution in [0.1, 0.15) is 58.8 Å². The van der Waals surface area contributed by atoms with Crippen molar-refractivity contribution in [2.24, 2.45) is 5.92 Å². The molecule has 3 nitrogen and oxygen atoms in total. The quantitative estimate of drug-likeness (QED) is 0.838. The second-order valence-corrected chi connectivity index (χ2v) is 7.52. The average Bonchev–Trinajstić information content (AvgIpc) is 3.24. The van der Waals surface area contributed by atoms with Gasteiger partial charge in [-0.05, 0) is 45.4 Å². The van der Waals surface area contributed by atoms with E-state index in [0.29, 0.717) is 11.6 Å². The first-order valence-electron chi connectivity index (χ1n) is 8.79. The summed E-state index contributed by atoms with van der Waals surface area (Å²) in [7, 11) is 0. The van der Waals surface area contributed by atoms with Crippen molar-refractivity contribution in [2.45, 2.75) is 76.5 Å². The summed E-state index contributed by atoms with van der Waals surface area (Å²) in [6, 6.07) is 0.776. The Bertz CT molecular complexity index is 308. The van der Waals surface area contributed by atoms with E-state index >= 15 is 0 Å². The van der Waals surface area contributed by atoms with Gasteiger partial charge in [0.2, 0.25) is 0 Å². The number of piperazine rings is 1. The fourth-order valence-corrected chi connectivity index (χ4v) is 4.17. The van der Waals surface area contributed by atoms with Gasteiger partial charge in [0, 0.05) is 31.2 Å². The molecule has 20 heavy (non-hydrogen) atoms. The van der Waals surface area contributed by atoms with Gasteiger partial charge in [-0.15, -0.1) is 0 Å². The molecule has 1 saturated heterocycles. The minimum Gasteiger partial charge on any atom is -0.377 e. The van der Waals surface area contributed by atoms with Gasteiger partial charge in [0.1, 0.15) is 0 Å². The van der Waals surface area contributed by atoms with Gasteiger partial charge in [0.25, 0.3) is 0 Å². The summed E-state index contributed by atoms with van der Waals surface area (Å²) in [6.07, 6.45) is 10.3. The first-order chi connectivity index (χ1) is 9.69. The lowest BCUT2D eigenvalue weighted by Crippen LogP contribution is -2.65. The molecule has 3 rings (SSSR count). The van der Waals surface area contributed by atoms with Crippen LogP contribution in [-0.4, -0.2) is 48.8 Å². The van der Waals surface area contributed by atoms with E-state index in [1.54, 1.807) is 0 Å². The Morgan fingerprint density at radius 3 is 2.60 bits per heavy atom. The van der Waals surface area contributed by atoms with Crippen molar-refractivity contribution in [1.29, 1.82) is 0 Å². The summed E-state index contributed by atoms with van der Waals surface area (Å²) in [5.74, 6) is 0.961. The van der Waals surface area contributed by atoms with Gasteiger partial charge in [-0.1, -0.05) is 19.3 Å². The fourth-order valence-electron chi connectivity index (χ4n) is 4.17. The predicted molar refractivity (Wildman–Crippen MR) is 83.0 cm³/mol. The van der Waals surface area contributed by atoms with Gasteiger partial charge in [-0.25, -0.2) is 0 Å². The van der Waals surface area contributed by atoms with Crippen LogP contribution < -0.4 is 5.32 Å². The van der Waals surface area contributed by atoms with Crippen LogP contribution in [0.25, 0.3) is 0 Å². The molecule has 1 atom stereocenters. The molecule has 3 aliphatic rings. The third-order valence-electron chi connectivity index (χ3n) is 5.47. The molecule has 0 aromatic heterocycles. The van der Waals surface area contributed by atoms with Crippen molar-refractivity contribution in [3.8, 4) is 0 Å². The third kappa shape index (κ3) is 3.55. The maximum Gasteiger partial charge on any atom is 0.0597 e. The van der Waals surface area contributed by atoms with Crippen LogP contribution in [0.5, 0.6) is 0 Å². The van der Waals surface area contributed by atoms with E-state index in [9.17, 15) is 0 Å². The molecule has 0 aromatic carbocycles. The van der Waals surface area contributed by atoms with Crippen molar-refractivity contribution in [2.75, 3.05) is 26.2 Å². The lowest BCUT2D eigenvalue weighted by molar-refractivity contribution is 0.00679. The molecule has 1 heterocycles. The van der Waals surface area contributed by atoms with E-state index in [2.05, 4.69) is 24.1 Å². The molecule has 0 amide bonds. The Morgan fingerprint density at radius 1 is 1.20 bits per heavy atom. The van der Waals surface area contributed by atoms with E-state index in [1.165, 1.54) is 58.0 Å². The van der Waals surface area contributed by atoms with Gasteiger partial charge in [-0.2, -0.15) is 0 Å². The van der Waals surface area contributed by atoms with Gasteiger partial charge in [-0.3, -0.25) is 4.90 Å². The normalized spacial score (nSPS) is 31.1. The Balaban J connectivity index is 1.58. The molecule has 1 spiro atoms. The molecule has 3 fully saturated rings. The zero-order valence-electron chi connectivity index (χ0n) is 13.4. The molecule has 3 heteroatoms. The van der Waals surface area contributed by atoms with Gasteiger partial charge >= 0.3 is 0 Å². The Hall–Kier alpha value is -0.120. The van der Waals surface area contributed by atoms with Crippen molar-refractivity contribution in [3.63, 3.8) is 0 Å². The van der Waals surface area contributed by atoms with Gasteiger partial charge < -0.3 is 10.1 Å². The zero-order chi connectivity index (χ0) is 14.0. The van der Waals surface area contributed by atoms with Gasteiger partial charge in [0.05, 0.1) is 12.7 Å². The summed E-state index contributed by atoms with van der Waals surface area (Å²) in [6.45, 7) is 8.78. The van der Waals surface area contributed by atoms with Crippen molar-refractivity contribution < 1.29 is 4.74 Å². The molecule has 0 aromatic rings. The van der Waals surface area contributed by atoms with E-state index in [4.69, 9.17) is 4.74 Å². The molecule has 1 N–H and O–H groups in total. The predicted octanol–water partition coefficient (Wildman–Crippen LogP) is 2.80. The highest BCUT2D eigenvalue weighted by Gasteiger charge is 2.44. The van der Waals surface area contributed by atoms with Crippen LogP contribution in [0.2, 0.25) is 0 Å². The molecule has 1 unspecified atom stereocenters. The highest BCUT2D eigenvalue weighted by atomic mass is 16.5. The second kappa shape index (κ2) is 6.33. The molecular weight excluding hydrogens is 248 g/mol. The monoisotopic (exact) mass is 280 g/mol. The number of ether oxygens (including phenoxy) is 1. The summed E-state index contributed by atoms with van der Waals surface area (Å²) < 4.78 is 5.81. The summed E-state index contributed by atoms with van der Waals surface area (Å²) >= 11 is 0. The van der Waals surface area contributed by atoms with Crippen LogP contribution in [0.15, 0.2) is 0 Å². The molecule has 116 valence electrons. The molecule has 0 radical (unpaired) electrons. The molecular formula is C17H32N2O. The van der Waals surface area contributed by atoms with E-state index < -0.39 is 0 Å². The highest BCUT2D eigenvalue weighted by Crippen LogP contribution is 2.39. The molecule has 2 aliphatic carbocycles. The maximum atomic E-state index is 5.81. The Morgan fingerprint density at radius 2 is 1.95 bits per heavy atom. The second-order valence-electron chi connectivity index (χ2n) is 7.52. The molecule has 0 bridgehead atoms. The van der Waals surface area contributed by atoms with Crippen LogP contribution in [-0.2, 0) is 4.74 Å². The minimum absolute atomic E-state index is 0.362. The summed E-state index contributed by atoms with van der Waals surface area (Å²) in [5.41, 5.74) is 0.432. The van der Waals surface area contributed by atoms with Crippen molar-refractivity contribution in [1.82, 2.24) is 10.2 Å². The van der Waals surface area contributed by atoms with Crippen LogP contribution in [0.3, 0.4) is 0 Å². The first-order valence-corrected chi connectivity index (χ1v) is 8.79. The van der Waals surface area contributed by atoms with Crippen molar-refractivity contribution >= 4 is 0 Å². The topological polar surface area (TPSA) is 24.5 Å². The Kier molecular flexibility index (Phi) is 4.68. The highest BCUT2D eigenvalue weighted by molar-refractivity contribution is 5.03. The third-order valence-corrected chi connectivity index (χ3v) is 5.47. The van der Waals surface area contributed by atoms with Crippen LogP contribution in [0, 0.1) is 5.92 Å². The van der Waals surface area contributed by atoms with Gasteiger partial charge in [0.15, 0.2) is 0 Å². The zero-order valence-corrected chi connectivity index (χ0v) is 13.4. The SMILES string of the molecule is CC(C)OCCN1CC2(CCCCC2)NCC1C1CC1. The van der Waals surface area contributed by atoms with Crippen LogP contribution >= 0.6 is 0 Å². The lowest BCUT2D eigenvalue weighted by Gasteiger charge is -2.50. The number of rotatable bonds is 5. The minimum atomic E-state index is 0.362. The summed E-state index contributed by atoms with van der Waals surface area (Å²) in [5, 5.41) is 3.95. The number of nitrogens with one attached hydrogen (secondary N) is 1. The molecule has 1 aliphatic heterocycles. The number of nitrogens with zero attached hydrogens (tertiary/aromatic N) is 1. The maximum absolute atomic E-state index is 5.81. The first kappa shape index (κ1) is 14.8. The lowest BCUT2D eigenvalue weighted by atomic mass is 9.79. The average molecular weight is 280 g/mol. The smallest absolute Gasteiger partial charge is 0.0597 e. The number of hydrogen-bond donors (Lipinski definition) is 1. The number of hydrogen-bond acceptors (Lipinski definition) is 3. The van der Waals surface area contributed by atoms with E-state index in [0.717, 1.165) is 25.1 Å². The fraction of sp³-hybridized carbons (Fsp3) is 1.00. The van der Waals surface area contributed by atoms with Crippen LogP contribution in [0.4, 0.5) is 0 Å². The van der Waals surface area contributed by atoms with E-state index in [-0.39, 0.29) is 0 Å². The Labute approximate surface area is 124 Å². The standard InChI is InChI=1S/C17H32N2O/c1-14(2)20-11-10-19-13-17(8-4-3-5-9-17)18-12-16(19)15-6-7-15/h14-16,18H,3-13H2,1-2H3. The summed E-state index contributed by atoms with van der Waals surface area (Å²) in [4.78, 5) is 2.77. The molecule has 2 saturated carbocycles. The van der Waals surface area contributed by atoms with E-state index in [1.807, 2.05) is 0 Å².